The molecule has 2 aliphatic rings. The maximum atomic E-state index is 11.6. The summed E-state index contributed by atoms with van der Waals surface area (Å²) < 4.78 is 0. The Bertz CT molecular complexity index is 614. The lowest BCUT2D eigenvalue weighted by molar-refractivity contribution is -0.128. The maximum absolute atomic E-state index is 11.6. The molecule has 1 saturated carbocycles. The lowest BCUT2D eigenvalue weighted by atomic mass is 9.90. The molecular weight excluding hydrogens is 326 g/mol. The van der Waals surface area contributed by atoms with Gasteiger partial charge in [-0.25, -0.2) is 9.97 Å². The summed E-state index contributed by atoms with van der Waals surface area (Å²) in [6.07, 6.45) is 10.3. The number of hydrogen-bond donors (Lipinski definition) is 1. The van der Waals surface area contributed by atoms with Gasteiger partial charge in [-0.3, -0.25) is 9.69 Å². The van der Waals surface area contributed by atoms with Crippen molar-refractivity contribution < 1.29 is 4.79 Å². The third kappa shape index (κ3) is 4.53. The van der Waals surface area contributed by atoms with Crippen molar-refractivity contribution in [1.82, 2.24) is 19.8 Å². The fraction of sp³-hybridized carbons (Fsp3) is 0.750. The second kappa shape index (κ2) is 8.80. The van der Waals surface area contributed by atoms with Gasteiger partial charge in [0.2, 0.25) is 5.91 Å². The summed E-state index contributed by atoms with van der Waals surface area (Å²) in [5.41, 5.74) is 0.909. The van der Waals surface area contributed by atoms with Crippen LogP contribution in [0.3, 0.4) is 0 Å². The first kappa shape index (κ1) is 19.1. The molecule has 144 valence electrons. The van der Waals surface area contributed by atoms with Crippen molar-refractivity contribution in [3.05, 3.63) is 17.6 Å². The first-order valence-electron chi connectivity index (χ1n) is 10.1. The van der Waals surface area contributed by atoms with E-state index in [9.17, 15) is 4.79 Å². The van der Waals surface area contributed by atoms with Gasteiger partial charge in [0, 0.05) is 33.1 Å². The lowest BCUT2D eigenvalue weighted by Gasteiger charge is -2.42. The molecule has 1 saturated heterocycles. The molecule has 1 atom stereocenters. The fourth-order valence-electron chi connectivity index (χ4n) is 4.31. The first-order valence-corrected chi connectivity index (χ1v) is 10.1. The molecule has 2 heterocycles. The number of piperidine rings is 1. The Morgan fingerprint density at radius 2 is 1.92 bits per heavy atom. The summed E-state index contributed by atoms with van der Waals surface area (Å²) >= 11 is 0. The van der Waals surface area contributed by atoms with Gasteiger partial charge in [-0.1, -0.05) is 25.7 Å². The van der Waals surface area contributed by atoms with Gasteiger partial charge in [0.15, 0.2) is 0 Å². The maximum Gasteiger partial charge on any atom is 0.219 e. The summed E-state index contributed by atoms with van der Waals surface area (Å²) in [7, 11) is 3.71. The summed E-state index contributed by atoms with van der Waals surface area (Å²) in [6, 6.07) is 2.94. The van der Waals surface area contributed by atoms with Crippen LogP contribution in [-0.2, 0) is 11.3 Å². The summed E-state index contributed by atoms with van der Waals surface area (Å²) in [5, 5.41) is 3.17. The average molecular weight is 360 g/mol. The second-order valence-electron chi connectivity index (χ2n) is 7.77. The van der Waals surface area contributed by atoms with Crippen molar-refractivity contribution >= 4 is 11.7 Å². The van der Waals surface area contributed by atoms with Gasteiger partial charge in [0.25, 0.3) is 0 Å². The number of likely N-dealkylation sites (tertiary alicyclic amines) is 1. The Hall–Kier alpha value is -1.69. The average Bonchev–Trinajstić information content (AvgIpc) is 2.68. The van der Waals surface area contributed by atoms with Crippen LogP contribution in [-0.4, -0.2) is 52.4 Å². The molecule has 6 heteroatoms. The van der Waals surface area contributed by atoms with Gasteiger partial charge in [-0.15, -0.1) is 0 Å². The molecule has 1 aromatic heterocycles. The molecule has 6 nitrogen and oxygen atoms in total. The van der Waals surface area contributed by atoms with E-state index in [0.29, 0.717) is 18.6 Å². The molecular formula is C20H33N5O. The van der Waals surface area contributed by atoms with Crippen molar-refractivity contribution in [3.63, 3.8) is 0 Å². The van der Waals surface area contributed by atoms with Crippen LogP contribution in [0.2, 0.25) is 0 Å². The van der Waals surface area contributed by atoms with Gasteiger partial charge >= 0.3 is 0 Å². The molecule has 0 spiro atoms. The summed E-state index contributed by atoms with van der Waals surface area (Å²) in [5.74, 6) is 1.82. The third-order valence-electron chi connectivity index (χ3n) is 5.88. The monoisotopic (exact) mass is 359 g/mol. The SMILES string of the molecule is CNc1cc(CN(C)C(C)=O)nc([C@H]2CCCCN2C2CCCCC2)n1. The number of nitrogens with zero attached hydrogens (tertiary/aromatic N) is 4. The standard InChI is InChI=1S/C20H33N5O/c1-15(26)24(3)14-16-13-19(21-2)23-20(22-16)18-11-7-8-12-25(18)17-9-5-4-6-10-17/h13,17-18H,4-12,14H2,1-3H3,(H,21,22,23)/t18-/m1/s1. The number of aromatic nitrogens is 2. The quantitative estimate of drug-likeness (QED) is 0.873. The number of hydrogen-bond acceptors (Lipinski definition) is 5. The molecule has 2 fully saturated rings. The molecule has 1 aromatic rings. The molecule has 1 aliphatic carbocycles. The largest absolute Gasteiger partial charge is 0.373 e. The second-order valence-corrected chi connectivity index (χ2v) is 7.77. The van der Waals surface area contributed by atoms with E-state index >= 15 is 0 Å². The minimum absolute atomic E-state index is 0.0534. The Balaban J connectivity index is 1.85. The number of rotatable bonds is 5. The van der Waals surface area contributed by atoms with Gasteiger partial charge in [-0.2, -0.15) is 0 Å². The minimum atomic E-state index is 0.0534. The molecule has 3 rings (SSSR count). The highest BCUT2D eigenvalue weighted by molar-refractivity contribution is 5.72. The Morgan fingerprint density at radius 3 is 2.62 bits per heavy atom. The zero-order chi connectivity index (χ0) is 18.5. The van der Waals surface area contributed by atoms with Crippen LogP contribution in [0.25, 0.3) is 0 Å². The smallest absolute Gasteiger partial charge is 0.219 e. The molecule has 0 bridgehead atoms. The Labute approximate surface area is 157 Å². The van der Waals surface area contributed by atoms with Crippen LogP contribution in [0.4, 0.5) is 5.82 Å². The Kier molecular flexibility index (Phi) is 6.46. The van der Waals surface area contributed by atoms with E-state index in [0.717, 1.165) is 30.3 Å². The van der Waals surface area contributed by atoms with E-state index in [1.165, 1.54) is 44.9 Å². The molecule has 1 amide bonds. The van der Waals surface area contributed by atoms with Gasteiger partial charge < -0.3 is 10.2 Å². The van der Waals surface area contributed by atoms with E-state index in [4.69, 9.17) is 9.97 Å². The molecule has 0 radical (unpaired) electrons. The van der Waals surface area contributed by atoms with E-state index in [-0.39, 0.29) is 5.91 Å². The van der Waals surface area contributed by atoms with Crippen molar-refractivity contribution in [2.75, 3.05) is 26.0 Å². The lowest BCUT2D eigenvalue weighted by Crippen LogP contribution is -2.43. The number of amides is 1. The van der Waals surface area contributed by atoms with E-state index in [1.807, 2.05) is 20.2 Å². The molecule has 0 aromatic carbocycles. The zero-order valence-electron chi connectivity index (χ0n) is 16.5. The van der Waals surface area contributed by atoms with E-state index in [1.54, 1.807) is 11.8 Å². The van der Waals surface area contributed by atoms with Crippen LogP contribution < -0.4 is 5.32 Å². The molecule has 1 N–H and O–H groups in total. The highest BCUT2D eigenvalue weighted by Gasteiger charge is 2.32. The van der Waals surface area contributed by atoms with Gasteiger partial charge in [0.05, 0.1) is 18.3 Å². The zero-order valence-corrected chi connectivity index (χ0v) is 16.5. The number of carbonyl (C=O) groups is 1. The molecule has 1 aliphatic heterocycles. The molecule has 26 heavy (non-hydrogen) atoms. The van der Waals surface area contributed by atoms with Gasteiger partial charge in [0.1, 0.15) is 11.6 Å². The van der Waals surface area contributed by atoms with Crippen molar-refractivity contribution in [2.24, 2.45) is 0 Å². The van der Waals surface area contributed by atoms with Crippen molar-refractivity contribution in [2.45, 2.75) is 76.9 Å². The normalized spacial score (nSPS) is 22.2. The van der Waals surface area contributed by atoms with Crippen LogP contribution in [0, 0.1) is 0 Å². The predicted molar refractivity (Wildman–Crippen MR) is 104 cm³/mol. The van der Waals surface area contributed by atoms with Gasteiger partial charge in [-0.05, 0) is 32.2 Å². The van der Waals surface area contributed by atoms with Crippen molar-refractivity contribution in [3.8, 4) is 0 Å². The number of carbonyl (C=O) groups excluding carboxylic acids is 1. The van der Waals surface area contributed by atoms with Crippen LogP contribution >= 0.6 is 0 Å². The number of nitrogens with one attached hydrogen (secondary N) is 1. The predicted octanol–water partition coefficient (Wildman–Crippen LogP) is 3.36. The summed E-state index contributed by atoms with van der Waals surface area (Å²) in [4.78, 5) is 25.7. The number of anilines is 1. The highest BCUT2D eigenvalue weighted by Crippen LogP contribution is 2.35. The van der Waals surface area contributed by atoms with Crippen LogP contribution in [0.15, 0.2) is 6.07 Å². The van der Waals surface area contributed by atoms with Crippen molar-refractivity contribution in [1.29, 1.82) is 0 Å². The van der Waals surface area contributed by atoms with Crippen LogP contribution in [0.1, 0.15) is 75.9 Å². The Morgan fingerprint density at radius 1 is 1.19 bits per heavy atom. The molecule has 0 unspecified atom stereocenters. The minimum Gasteiger partial charge on any atom is -0.373 e. The summed E-state index contributed by atoms with van der Waals surface area (Å²) in [6.45, 7) is 3.27. The highest BCUT2D eigenvalue weighted by atomic mass is 16.2. The fourth-order valence-corrected chi connectivity index (χ4v) is 4.31. The first-order chi connectivity index (χ1) is 12.6. The third-order valence-corrected chi connectivity index (χ3v) is 5.88. The van der Waals surface area contributed by atoms with E-state index < -0.39 is 0 Å². The van der Waals surface area contributed by atoms with Crippen LogP contribution in [0.5, 0.6) is 0 Å². The van der Waals surface area contributed by atoms with E-state index in [2.05, 4.69) is 10.2 Å². The topological polar surface area (TPSA) is 61.4 Å².